The Kier molecular flexibility index (Phi) is 4.79. The van der Waals surface area contributed by atoms with Crippen LogP contribution in [0.15, 0.2) is 30.5 Å². The molecule has 2 rings (SSSR count). The third-order valence-electron chi connectivity index (χ3n) is 2.56. The average molecular weight is 310 g/mol. The zero-order valence-corrected chi connectivity index (χ0v) is 12.4. The quantitative estimate of drug-likeness (QED) is 0.604. The van der Waals surface area contributed by atoms with Crippen LogP contribution in [0.25, 0.3) is 5.69 Å². The molecule has 0 aliphatic carbocycles. The first-order valence-corrected chi connectivity index (χ1v) is 8.10. The monoisotopic (exact) mass is 311 g/mol. The number of nitrogens with zero attached hydrogens (tertiary/aromatic N) is 3. The Hall–Kier alpha value is -1.32. The van der Waals surface area contributed by atoms with Crippen LogP contribution in [0.5, 0.6) is 5.75 Å². The molecule has 1 heterocycles. The molecule has 1 aromatic carbocycles. The van der Waals surface area contributed by atoms with Gasteiger partial charge in [0.05, 0.1) is 0 Å². The summed E-state index contributed by atoms with van der Waals surface area (Å²) in [7, 11) is 1.67. The van der Waals surface area contributed by atoms with Gasteiger partial charge in [0.15, 0.2) is 0 Å². The molecule has 0 radical (unpaired) electrons. The molecule has 0 aliphatic heterocycles. The minimum absolute atomic E-state index is 0.445. The Bertz CT molecular complexity index is 481. The van der Waals surface area contributed by atoms with Gasteiger partial charge in [0, 0.05) is 0 Å². The summed E-state index contributed by atoms with van der Waals surface area (Å²) in [5, 5.41) is 9.62. The number of methoxy groups -OCH3 is 1. The van der Waals surface area contributed by atoms with Gasteiger partial charge in [-0.1, -0.05) is 0 Å². The molecule has 18 heavy (non-hydrogen) atoms. The number of hydrogen-bond donors (Lipinski definition) is 0. The summed E-state index contributed by atoms with van der Waals surface area (Å²) in [6.07, 6.45) is 4.54. The molecular formula is C13H17N3OSe. The van der Waals surface area contributed by atoms with Crippen molar-refractivity contribution in [3.63, 3.8) is 0 Å². The summed E-state index contributed by atoms with van der Waals surface area (Å²) in [6.45, 7) is 2.21. The first-order valence-electron chi connectivity index (χ1n) is 6.03. The molecule has 0 N–H and O–H groups in total. The van der Waals surface area contributed by atoms with E-state index in [-0.39, 0.29) is 0 Å². The molecule has 0 saturated heterocycles. The molecule has 96 valence electrons. The van der Waals surface area contributed by atoms with Crippen LogP contribution in [-0.4, -0.2) is 37.1 Å². The standard InChI is InChI=1S/C13H17N3OSe/c1-3-4-9-18-13-10-16(15-14-13)11-5-7-12(17-2)8-6-11/h5-8,10H,3-4,9H2,1-2H3. The number of hydrogen-bond acceptors (Lipinski definition) is 3. The number of ether oxygens (including phenoxy) is 1. The van der Waals surface area contributed by atoms with Crippen molar-refractivity contribution in [3.05, 3.63) is 30.5 Å². The fourth-order valence-corrected chi connectivity index (χ4v) is 3.41. The second-order valence-corrected chi connectivity index (χ2v) is 6.24. The van der Waals surface area contributed by atoms with Crippen molar-refractivity contribution in [2.24, 2.45) is 0 Å². The molecule has 5 heteroatoms. The minimum atomic E-state index is 0.445. The molecule has 0 aliphatic rings. The normalized spacial score (nSPS) is 10.6. The Labute approximate surface area is 114 Å². The number of unbranched alkanes of at least 4 members (excludes halogenated alkanes) is 1. The van der Waals surface area contributed by atoms with Crippen LogP contribution in [0.3, 0.4) is 0 Å². The molecule has 2 aromatic rings. The van der Waals surface area contributed by atoms with Crippen LogP contribution >= 0.6 is 0 Å². The zero-order valence-electron chi connectivity index (χ0n) is 10.7. The molecule has 0 saturated carbocycles. The van der Waals surface area contributed by atoms with Gasteiger partial charge in [0.1, 0.15) is 0 Å². The summed E-state index contributed by atoms with van der Waals surface area (Å²) in [4.78, 5) is 0. The summed E-state index contributed by atoms with van der Waals surface area (Å²) in [5.41, 5.74) is 1.01. The van der Waals surface area contributed by atoms with E-state index in [1.165, 1.54) is 18.2 Å². The van der Waals surface area contributed by atoms with Crippen molar-refractivity contribution >= 4 is 19.5 Å². The Balaban J connectivity index is 2.04. The van der Waals surface area contributed by atoms with Gasteiger partial charge in [-0.25, -0.2) is 0 Å². The van der Waals surface area contributed by atoms with E-state index in [0.29, 0.717) is 15.0 Å². The van der Waals surface area contributed by atoms with Gasteiger partial charge in [-0.05, 0) is 0 Å². The predicted octanol–water partition coefficient (Wildman–Crippen LogP) is 1.82. The topological polar surface area (TPSA) is 39.9 Å². The number of rotatable bonds is 6. The van der Waals surface area contributed by atoms with E-state index in [9.17, 15) is 0 Å². The van der Waals surface area contributed by atoms with E-state index >= 15 is 0 Å². The Morgan fingerprint density at radius 2 is 2.06 bits per heavy atom. The first kappa shape index (κ1) is 13.1. The molecule has 0 fully saturated rings. The Morgan fingerprint density at radius 1 is 1.28 bits per heavy atom. The fourth-order valence-electron chi connectivity index (χ4n) is 1.50. The van der Waals surface area contributed by atoms with Crippen LogP contribution in [0, 0.1) is 0 Å². The van der Waals surface area contributed by atoms with Gasteiger partial charge in [0.2, 0.25) is 0 Å². The van der Waals surface area contributed by atoms with Gasteiger partial charge in [-0.2, -0.15) is 0 Å². The van der Waals surface area contributed by atoms with Crippen LogP contribution in [0.4, 0.5) is 0 Å². The molecule has 0 atom stereocenters. The summed E-state index contributed by atoms with van der Waals surface area (Å²) < 4.78 is 8.07. The Morgan fingerprint density at radius 3 is 2.72 bits per heavy atom. The molecular weight excluding hydrogens is 293 g/mol. The van der Waals surface area contributed by atoms with Crippen molar-refractivity contribution in [2.75, 3.05) is 7.11 Å². The summed E-state index contributed by atoms with van der Waals surface area (Å²) >= 11 is 0.445. The van der Waals surface area contributed by atoms with E-state index < -0.39 is 0 Å². The van der Waals surface area contributed by atoms with Crippen LogP contribution in [0.2, 0.25) is 5.32 Å². The van der Waals surface area contributed by atoms with Gasteiger partial charge in [-0.3, -0.25) is 0 Å². The van der Waals surface area contributed by atoms with Crippen LogP contribution < -0.4 is 9.33 Å². The van der Waals surface area contributed by atoms with Crippen molar-refractivity contribution < 1.29 is 4.74 Å². The molecule has 0 bridgehead atoms. The predicted molar refractivity (Wildman–Crippen MR) is 73.0 cm³/mol. The fraction of sp³-hybridized carbons (Fsp3) is 0.385. The maximum absolute atomic E-state index is 5.13. The van der Waals surface area contributed by atoms with E-state index in [0.717, 1.165) is 16.0 Å². The van der Waals surface area contributed by atoms with Crippen molar-refractivity contribution in [3.8, 4) is 11.4 Å². The second kappa shape index (κ2) is 6.57. The second-order valence-electron chi connectivity index (χ2n) is 3.90. The zero-order chi connectivity index (χ0) is 12.8. The van der Waals surface area contributed by atoms with E-state index in [4.69, 9.17) is 4.74 Å². The van der Waals surface area contributed by atoms with Gasteiger partial charge < -0.3 is 0 Å². The van der Waals surface area contributed by atoms with Crippen molar-refractivity contribution in [1.82, 2.24) is 15.0 Å². The number of aromatic nitrogens is 3. The van der Waals surface area contributed by atoms with Crippen molar-refractivity contribution in [1.29, 1.82) is 0 Å². The summed E-state index contributed by atoms with van der Waals surface area (Å²) in [5.74, 6) is 0.853. The molecule has 0 unspecified atom stereocenters. The number of benzene rings is 1. The van der Waals surface area contributed by atoms with E-state index in [2.05, 4.69) is 17.2 Å². The SMILES string of the molecule is CCCC[Se]c1cn(-c2ccc(OC)cc2)nn1. The van der Waals surface area contributed by atoms with Gasteiger partial charge >= 0.3 is 113 Å². The van der Waals surface area contributed by atoms with E-state index in [1.54, 1.807) is 7.11 Å². The average Bonchev–Trinajstić information content (AvgIpc) is 2.88. The molecule has 4 nitrogen and oxygen atoms in total. The molecule has 0 amide bonds. The van der Waals surface area contributed by atoms with Gasteiger partial charge in [0.25, 0.3) is 0 Å². The molecule has 0 spiro atoms. The van der Waals surface area contributed by atoms with Crippen molar-refractivity contribution in [2.45, 2.75) is 25.1 Å². The third-order valence-corrected chi connectivity index (χ3v) is 4.60. The van der Waals surface area contributed by atoms with Crippen LogP contribution in [0.1, 0.15) is 19.8 Å². The summed E-state index contributed by atoms with van der Waals surface area (Å²) in [6, 6.07) is 7.82. The van der Waals surface area contributed by atoms with Gasteiger partial charge in [-0.15, -0.1) is 0 Å². The maximum atomic E-state index is 5.13. The molecule has 1 aromatic heterocycles. The van der Waals surface area contributed by atoms with Crippen LogP contribution in [-0.2, 0) is 0 Å². The first-order chi connectivity index (χ1) is 8.83. The third kappa shape index (κ3) is 3.34. The van der Waals surface area contributed by atoms with E-state index in [1.807, 2.05) is 35.1 Å².